The summed E-state index contributed by atoms with van der Waals surface area (Å²) < 4.78 is 32.5. The number of fused-ring (bicyclic) bond motifs is 1. The maximum atomic E-state index is 12.7. The van der Waals surface area contributed by atoms with Gasteiger partial charge in [0.05, 0.1) is 4.90 Å². The second kappa shape index (κ2) is 8.32. The van der Waals surface area contributed by atoms with Gasteiger partial charge in [0.2, 0.25) is 10.0 Å². The summed E-state index contributed by atoms with van der Waals surface area (Å²) in [4.78, 5) is 14.6. The third kappa shape index (κ3) is 4.05. The first kappa shape index (κ1) is 20.4. The average molecular weight is 403 g/mol. The molecule has 1 heterocycles. The molecule has 0 radical (unpaired) electrons. The van der Waals surface area contributed by atoms with Gasteiger partial charge in [-0.2, -0.15) is 4.31 Å². The SMILES string of the molecule is CCN(CC)S(=O)(=O)c1ccc2c(c1)CCN2C(=O)COc1cccc(C)c1. The standard InChI is InChI=1S/C21H26N2O4S/c1-4-22(5-2)28(25,26)19-9-10-20-17(14-19)11-12-23(20)21(24)15-27-18-8-6-7-16(3)13-18/h6-10,13-14H,4-5,11-12,15H2,1-3H3. The van der Waals surface area contributed by atoms with Crippen LogP contribution in [0, 0.1) is 6.92 Å². The maximum absolute atomic E-state index is 12.7. The van der Waals surface area contributed by atoms with E-state index in [4.69, 9.17) is 4.74 Å². The molecule has 0 saturated heterocycles. The predicted octanol–water partition coefficient (Wildman–Crippen LogP) is 2.99. The molecule has 3 rings (SSSR count). The summed E-state index contributed by atoms with van der Waals surface area (Å²) in [7, 11) is -3.51. The fourth-order valence-corrected chi connectivity index (χ4v) is 4.95. The van der Waals surface area contributed by atoms with Crippen molar-refractivity contribution in [2.75, 3.05) is 31.1 Å². The van der Waals surface area contributed by atoms with E-state index >= 15 is 0 Å². The maximum Gasteiger partial charge on any atom is 0.264 e. The van der Waals surface area contributed by atoms with Gasteiger partial charge in [-0.15, -0.1) is 0 Å². The molecule has 0 unspecified atom stereocenters. The van der Waals surface area contributed by atoms with E-state index in [1.807, 2.05) is 45.0 Å². The second-order valence-corrected chi connectivity index (χ2v) is 8.72. The molecule has 1 amide bonds. The first-order chi connectivity index (χ1) is 13.4. The molecule has 2 aromatic rings. The van der Waals surface area contributed by atoms with E-state index < -0.39 is 10.0 Å². The van der Waals surface area contributed by atoms with Gasteiger partial charge in [0.25, 0.3) is 5.91 Å². The molecule has 0 fully saturated rings. The predicted molar refractivity (Wildman–Crippen MR) is 109 cm³/mol. The molecule has 1 aliphatic rings. The number of carbonyl (C=O) groups excluding carboxylic acids is 1. The van der Waals surface area contributed by atoms with Crippen LogP contribution in [-0.2, 0) is 21.2 Å². The number of aryl methyl sites for hydroxylation is 1. The number of rotatable bonds is 7. The van der Waals surface area contributed by atoms with Crippen molar-refractivity contribution in [3.8, 4) is 5.75 Å². The lowest BCUT2D eigenvalue weighted by molar-refractivity contribution is -0.120. The lowest BCUT2D eigenvalue weighted by Crippen LogP contribution is -2.33. The summed E-state index contributed by atoms with van der Waals surface area (Å²) in [6.07, 6.45) is 0.632. The average Bonchev–Trinajstić information content (AvgIpc) is 3.10. The highest BCUT2D eigenvalue weighted by Gasteiger charge is 2.28. The van der Waals surface area contributed by atoms with Gasteiger partial charge in [-0.05, 0) is 54.8 Å². The Bertz CT molecular complexity index is 968. The topological polar surface area (TPSA) is 66.9 Å². The monoisotopic (exact) mass is 402 g/mol. The van der Waals surface area contributed by atoms with Crippen molar-refractivity contribution in [2.24, 2.45) is 0 Å². The number of benzene rings is 2. The lowest BCUT2D eigenvalue weighted by atomic mass is 10.2. The molecule has 2 aromatic carbocycles. The molecule has 7 heteroatoms. The van der Waals surface area contributed by atoms with Crippen LogP contribution in [0.1, 0.15) is 25.0 Å². The van der Waals surface area contributed by atoms with E-state index in [1.54, 1.807) is 23.1 Å². The number of anilines is 1. The number of ether oxygens (including phenoxy) is 1. The van der Waals surface area contributed by atoms with Gasteiger partial charge in [0.1, 0.15) is 5.75 Å². The summed E-state index contributed by atoms with van der Waals surface area (Å²) in [5.74, 6) is 0.521. The molecular weight excluding hydrogens is 376 g/mol. The first-order valence-corrected chi connectivity index (χ1v) is 10.9. The number of nitrogens with zero attached hydrogens (tertiary/aromatic N) is 2. The van der Waals surface area contributed by atoms with Gasteiger partial charge >= 0.3 is 0 Å². The Morgan fingerprint density at radius 3 is 2.57 bits per heavy atom. The third-order valence-corrected chi connectivity index (χ3v) is 6.99. The number of sulfonamides is 1. The molecule has 0 aliphatic carbocycles. The number of amides is 1. The van der Waals surface area contributed by atoms with E-state index in [0.717, 1.165) is 16.8 Å². The van der Waals surface area contributed by atoms with Gasteiger partial charge in [-0.25, -0.2) is 8.42 Å². The largest absolute Gasteiger partial charge is 0.484 e. The molecule has 0 N–H and O–H groups in total. The zero-order valence-electron chi connectivity index (χ0n) is 16.5. The third-order valence-electron chi connectivity index (χ3n) is 4.94. The molecule has 0 saturated carbocycles. The van der Waals surface area contributed by atoms with Crippen molar-refractivity contribution in [3.05, 3.63) is 53.6 Å². The van der Waals surface area contributed by atoms with Gasteiger partial charge in [0.15, 0.2) is 6.61 Å². The molecule has 0 spiro atoms. The van der Waals surface area contributed by atoms with Crippen LogP contribution in [-0.4, -0.2) is 44.9 Å². The molecular formula is C21H26N2O4S. The molecule has 150 valence electrons. The van der Waals surface area contributed by atoms with Gasteiger partial charge in [0, 0.05) is 25.3 Å². The Morgan fingerprint density at radius 1 is 1.14 bits per heavy atom. The Labute approximate surface area is 166 Å². The number of carbonyl (C=O) groups is 1. The fraction of sp³-hybridized carbons (Fsp3) is 0.381. The van der Waals surface area contributed by atoms with E-state index in [9.17, 15) is 13.2 Å². The number of hydrogen-bond acceptors (Lipinski definition) is 4. The first-order valence-electron chi connectivity index (χ1n) is 9.49. The van der Waals surface area contributed by atoms with Crippen LogP contribution in [0.3, 0.4) is 0 Å². The highest BCUT2D eigenvalue weighted by Crippen LogP contribution is 2.31. The molecule has 1 aliphatic heterocycles. The minimum Gasteiger partial charge on any atom is -0.484 e. The number of hydrogen-bond donors (Lipinski definition) is 0. The van der Waals surface area contributed by atoms with Crippen molar-refractivity contribution in [1.29, 1.82) is 0 Å². The van der Waals surface area contributed by atoms with Gasteiger partial charge in [-0.1, -0.05) is 26.0 Å². The molecule has 0 aromatic heterocycles. The van der Waals surface area contributed by atoms with Gasteiger partial charge < -0.3 is 9.64 Å². The zero-order valence-corrected chi connectivity index (χ0v) is 17.3. The Hall–Kier alpha value is -2.38. The van der Waals surface area contributed by atoms with Crippen LogP contribution in [0.5, 0.6) is 5.75 Å². The molecule has 0 atom stereocenters. The quantitative estimate of drug-likeness (QED) is 0.714. The van der Waals surface area contributed by atoms with Crippen molar-refractivity contribution < 1.29 is 17.9 Å². The second-order valence-electron chi connectivity index (χ2n) is 6.78. The molecule has 6 nitrogen and oxygen atoms in total. The summed E-state index contributed by atoms with van der Waals surface area (Å²) >= 11 is 0. The van der Waals surface area contributed by atoms with Crippen LogP contribution in [0.2, 0.25) is 0 Å². The van der Waals surface area contributed by atoms with E-state index in [2.05, 4.69) is 0 Å². The van der Waals surface area contributed by atoms with E-state index in [1.165, 1.54) is 4.31 Å². The van der Waals surface area contributed by atoms with E-state index in [0.29, 0.717) is 31.8 Å². The zero-order chi connectivity index (χ0) is 20.3. The summed E-state index contributed by atoms with van der Waals surface area (Å²) in [5, 5.41) is 0. The van der Waals surface area contributed by atoms with Gasteiger partial charge in [-0.3, -0.25) is 4.79 Å². The van der Waals surface area contributed by atoms with Crippen LogP contribution in [0.4, 0.5) is 5.69 Å². The fourth-order valence-electron chi connectivity index (χ4n) is 3.44. The summed E-state index contributed by atoms with van der Waals surface area (Å²) in [5.41, 5.74) is 2.70. The van der Waals surface area contributed by atoms with Crippen molar-refractivity contribution in [1.82, 2.24) is 4.31 Å². The summed E-state index contributed by atoms with van der Waals surface area (Å²) in [6.45, 7) is 6.94. The smallest absolute Gasteiger partial charge is 0.264 e. The normalized spacial score (nSPS) is 13.6. The van der Waals surface area contributed by atoms with Crippen molar-refractivity contribution >= 4 is 21.6 Å². The van der Waals surface area contributed by atoms with Crippen molar-refractivity contribution in [3.63, 3.8) is 0 Å². The van der Waals surface area contributed by atoms with Crippen LogP contribution < -0.4 is 9.64 Å². The van der Waals surface area contributed by atoms with Crippen molar-refractivity contribution in [2.45, 2.75) is 32.1 Å². The highest BCUT2D eigenvalue weighted by molar-refractivity contribution is 7.89. The van der Waals surface area contributed by atoms with E-state index in [-0.39, 0.29) is 17.4 Å². The highest BCUT2D eigenvalue weighted by atomic mass is 32.2. The lowest BCUT2D eigenvalue weighted by Gasteiger charge is -2.20. The minimum absolute atomic E-state index is 0.0532. The summed E-state index contributed by atoms with van der Waals surface area (Å²) in [6, 6.07) is 12.6. The Kier molecular flexibility index (Phi) is 6.05. The Morgan fingerprint density at radius 2 is 1.89 bits per heavy atom. The Balaban J connectivity index is 1.74. The molecule has 28 heavy (non-hydrogen) atoms. The van der Waals surface area contributed by atoms with Crippen LogP contribution in [0.15, 0.2) is 47.4 Å². The van der Waals surface area contributed by atoms with Crippen LogP contribution in [0.25, 0.3) is 0 Å². The minimum atomic E-state index is -3.51. The van der Waals surface area contributed by atoms with Crippen LogP contribution >= 0.6 is 0 Å². The molecule has 0 bridgehead atoms.